The van der Waals surface area contributed by atoms with Crippen LogP contribution in [0.3, 0.4) is 0 Å². The van der Waals surface area contributed by atoms with Gasteiger partial charge in [-0.15, -0.1) is 0 Å². The number of aliphatic carboxylic acids is 1. The summed E-state index contributed by atoms with van der Waals surface area (Å²) in [6.07, 6.45) is -0.0474. The van der Waals surface area contributed by atoms with Crippen LogP contribution in [0.25, 0.3) is 0 Å². The van der Waals surface area contributed by atoms with Crippen molar-refractivity contribution < 1.29 is 24.9 Å². The Kier molecular flexibility index (Phi) is 5.66. The Morgan fingerprint density at radius 2 is 1.95 bits per heavy atom. The monoisotopic (exact) mass is 300 g/mol. The third-order valence-corrected chi connectivity index (χ3v) is 3.02. The second-order valence-corrected chi connectivity index (χ2v) is 4.58. The topological polar surface area (TPSA) is 133 Å². The Morgan fingerprint density at radius 1 is 1.30 bits per heavy atom. The molecule has 20 heavy (non-hydrogen) atoms. The van der Waals surface area contributed by atoms with Crippen molar-refractivity contribution in [1.29, 1.82) is 0 Å². The van der Waals surface area contributed by atoms with E-state index in [1.54, 1.807) is 0 Å². The zero-order valence-electron chi connectivity index (χ0n) is 10.5. The van der Waals surface area contributed by atoms with Crippen molar-refractivity contribution in [3.05, 3.63) is 23.8 Å². The average Bonchev–Trinajstić information content (AvgIpc) is 2.40. The van der Waals surface area contributed by atoms with Crippen LogP contribution in [0.15, 0.2) is 18.2 Å². The smallest absolute Gasteiger partial charge is 0.326 e. The molecule has 7 nitrogen and oxygen atoms in total. The molecular weight excluding hydrogens is 284 g/mol. The molecule has 2 atom stereocenters. The summed E-state index contributed by atoms with van der Waals surface area (Å²) >= 11 is 3.86. The number of carbonyl (C=O) groups excluding carboxylic acids is 1. The van der Waals surface area contributed by atoms with E-state index in [1.165, 1.54) is 18.2 Å². The molecular formula is C12H16N2O5S. The van der Waals surface area contributed by atoms with Crippen molar-refractivity contribution in [3.8, 4) is 11.5 Å². The summed E-state index contributed by atoms with van der Waals surface area (Å²) in [5, 5.41) is 29.9. The molecule has 0 heterocycles. The van der Waals surface area contributed by atoms with Crippen molar-refractivity contribution in [3.63, 3.8) is 0 Å². The highest BCUT2D eigenvalue weighted by Gasteiger charge is 2.23. The van der Waals surface area contributed by atoms with Crippen molar-refractivity contribution in [2.45, 2.75) is 18.5 Å². The van der Waals surface area contributed by atoms with Gasteiger partial charge in [-0.25, -0.2) is 4.79 Å². The maximum absolute atomic E-state index is 11.6. The number of nitrogens with two attached hydrogens (primary N) is 1. The molecule has 6 N–H and O–H groups in total. The van der Waals surface area contributed by atoms with Gasteiger partial charge in [0.25, 0.3) is 0 Å². The van der Waals surface area contributed by atoms with Gasteiger partial charge in [-0.1, -0.05) is 6.07 Å². The number of rotatable bonds is 6. The average molecular weight is 300 g/mol. The summed E-state index contributed by atoms with van der Waals surface area (Å²) in [5.41, 5.74) is 5.90. The van der Waals surface area contributed by atoms with Crippen LogP contribution in [0, 0.1) is 0 Å². The molecule has 0 saturated carbocycles. The first-order valence-corrected chi connectivity index (χ1v) is 6.39. The molecule has 8 heteroatoms. The molecule has 1 rings (SSSR count). The predicted octanol–water partition coefficient (Wildman–Crippen LogP) is -0.533. The molecule has 110 valence electrons. The fraction of sp³-hybridized carbons (Fsp3) is 0.333. The van der Waals surface area contributed by atoms with E-state index < -0.39 is 24.0 Å². The first-order chi connectivity index (χ1) is 9.35. The first kappa shape index (κ1) is 16.1. The van der Waals surface area contributed by atoms with Gasteiger partial charge >= 0.3 is 5.97 Å². The van der Waals surface area contributed by atoms with Gasteiger partial charge in [-0.2, -0.15) is 12.6 Å². The van der Waals surface area contributed by atoms with E-state index >= 15 is 0 Å². The third kappa shape index (κ3) is 4.32. The van der Waals surface area contributed by atoms with Crippen LogP contribution in [0.5, 0.6) is 11.5 Å². The number of thiol groups is 1. The molecule has 0 radical (unpaired) electrons. The van der Waals surface area contributed by atoms with E-state index in [4.69, 9.17) is 10.8 Å². The Balaban J connectivity index is 2.79. The van der Waals surface area contributed by atoms with Crippen LogP contribution >= 0.6 is 12.6 Å². The highest BCUT2D eigenvalue weighted by atomic mass is 32.1. The van der Waals surface area contributed by atoms with Crippen LogP contribution in [-0.4, -0.2) is 45.0 Å². The van der Waals surface area contributed by atoms with Crippen LogP contribution in [0.1, 0.15) is 5.56 Å². The van der Waals surface area contributed by atoms with E-state index in [9.17, 15) is 19.8 Å². The number of carbonyl (C=O) groups is 2. The summed E-state index contributed by atoms with van der Waals surface area (Å²) in [4.78, 5) is 22.7. The molecule has 1 amide bonds. The quantitative estimate of drug-likeness (QED) is 0.309. The van der Waals surface area contributed by atoms with Crippen molar-refractivity contribution in [1.82, 2.24) is 5.32 Å². The molecule has 0 bridgehead atoms. The predicted molar refractivity (Wildman–Crippen MR) is 74.9 cm³/mol. The van der Waals surface area contributed by atoms with Gasteiger partial charge in [0, 0.05) is 12.2 Å². The van der Waals surface area contributed by atoms with Crippen LogP contribution < -0.4 is 11.1 Å². The molecule has 1 aromatic carbocycles. The maximum atomic E-state index is 11.6. The number of carboxylic acid groups (broad SMARTS) is 1. The molecule has 0 fully saturated rings. The molecule has 0 aliphatic rings. The Morgan fingerprint density at radius 3 is 2.45 bits per heavy atom. The van der Waals surface area contributed by atoms with E-state index in [2.05, 4.69) is 17.9 Å². The normalized spacial score (nSPS) is 13.5. The molecule has 0 spiro atoms. The Labute approximate surface area is 120 Å². The van der Waals surface area contributed by atoms with E-state index in [0.29, 0.717) is 5.56 Å². The lowest BCUT2D eigenvalue weighted by Gasteiger charge is -2.17. The summed E-state index contributed by atoms with van der Waals surface area (Å²) in [6.45, 7) is 0. The minimum Gasteiger partial charge on any atom is -0.504 e. The number of hydrogen-bond donors (Lipinski definition) is 6. The zero-order valence-corrected chi connectivity index (χ0v) is 11.4. The molecule has 0 saturated heterocycles. The summed E-state index contributed by atoms with van der Waals surface area (Å²) in [5.74, 6) is -2.41. The number of carboxylic acids is 1. The second kappa shape index (κ2) is 7.01. The molecule has 1 unspecified atom stereocenters. The lowest BCUT2D eigenvalue weighted by Crippen LogP contribution is -2.50. The SMILES string of the molecule is N[C@@H](CS)C(=O)NC(Cc1ccc(O)c(O)c1)C(=O)O. The number of nitrogens with one attached hydrogen (secondary N) is 1. The largest absolute Gasteiger partial charge is 0.504 e. The number of amides is 1. The molecule has 0 aromatic heterocycles. The summed E-state index contributed by atoms with van der Waals surface area (Å²) in [6, 6.07) is 1.85. The minimum atomic E-state index is -1.22. The van der Waals surface area contributed by atoms with E-state index in [0.717, 1.165) is 0 Å². The lowest BCUT2D eigenvalue weighted by atomic mass is 10.0. The van der Waals surface area contributed by atoms with Crippen molar-refractivity contribution >= 4 is 24.5 Å². The van der Waals surface area contributed by atoms with Crippen LogP contribution in [0.4, 0.5) is 0 Å². The van der Waals surface area contributed by atoms with Crippen LogP contribution in [0.2, 0.25) is 0 Å². The van der Waals surface area contributed by atoms with Gasteiger partial charge in [-0.05, 0) is 17.7 Å². The molecule has 0 aliphatic carbocycles. The molecule has 1 aromatic rings. The first-order valence-electron chi connectivity index (χ1n) is 5.75. The van der Waals surface area contributed by atoms with Gasteiger partial charge < -0.3 is 26.4 Å². The number of phenolic OH excluding ortho intramolecular Hbond substituents is 2. The minimum absolute atomic E-state index is 0.0474. The van der Waals surface area contributed by atoms with Gasteiger partial charge in [0.15, 0.2) is 11.5 Å². The fourth-order valence-electron chi connectivity index (χ4n) is 1.49. The number of hydrogen-bond acceptors (Lipinski definition) is 6. The Hall–Kier alpha value is -1.93. The standard InChI is InChI=1S/C12H16N2O5S/c13-7(5-20)11(17)14-8(12(18)19)3-6-1-2-9(15)10(16)4-6/h1-2,4,7-8,15-16,20H,3,5,13H2,(H,14,17)(H,18,19)/t7-,8?/m0/s1. The van der Waals surface area contributed by atoms with Gasteiger partial charge in [0.05, 0.1) is 6.04 Å². The summed E-state index contributed by atoms with van der Waals surface area (Å²) in [7, 11) is 0. The van der Waals surface area contributed by atoms with Crippen LogP contribution in [-0.2, 0) is 16.0 Å². The number of phenols is 2. The fourth-order valence-corrected chi connectivity index (χ4v) is 1.66. The number of benzene rings is 1. The van der Waals surface area contributed by atoms with E-state index in [1.807, 2.05) is 0 Å². The summed E-state index contributed by atoms with van der Waals surface area (Å²) < 4.78 is 0. The van der Waals surface area contributed by atoms with Crippen molar-refractivity contribution in [2.75, 3.05) is 5.75 Å². The van der Waals surface area contributed by atoms with Gasteiger partial charge in [-0.3, -0.25) is 4.79 Å². The highest BCUT2D eigenvalue weighted by Crippen LogP contribution is 2.25. The lowest BCUT2D eigenvalue weighted by molar-refractivity contribution is -0.141. The third-order valence-electron chi connectivity index (χ3n) is 2.63. The van der Waals surface area contributed by atoms with Crippen molar-refractivity contribution in [2.24, 2.45) is 5.73 Å². The number of aromatic hydroxyl groups is 2. The maximum Gasteiger partial charge on any atom is 0.326 e. The zero-order chi connectivity index (χ0) is 15.3. The highest BCUT2D eigenvalue weighted by molar-refractivity contribution is 7.80. The molecule has 0 aliphatic heterocycles. The van der Waals surface area contributed by atoms with E-state index in [-0.39, 0.29) is 23.7 Å². The van der Waals surface area contributed by atoms with Gasteiger partial charge in [0.2, 0.25) is 5.91 Å². The van der Waals surface area contributed by atoms with Gasteiger partial charge in [0.1, 0.15) is 6.04 Å². The Bertz CT molecular complexity index is 509. The second-order valence-electron chi connectivity index (χ2n) is 4.22.